The molecule has 5 heterocycles. The summed E-state index contributed by atoms with van der Waals surface area (Å²) < 4.78 is 19.5. The van der Waals surface area contributed by atoms with Gasteiger partial charge in [-0.1, -0.05) is 32.6 Å². The van der Waals surface area contributed by atoms with E-state index in [-0.39, 0.29) is 43.2 Å². The highest BCUT2D eigenvalue weighted by atomic mass is 32.2. The zero-order chi connectivity index (χ0) is 38.7. The van der Waals surface area contributed by atoms with Crippen LogP contribution in [0.3, 0.4) is 0 Å². The summed E-state index contributed by atoms with van der Waals surface area (Å²) in [7, 11) is 3.39. The minimum Gasteiger partial charge on any atom is -0.464 e. The van der Waals surface area contributed by atoms with Gasteiger partial charge < -0.3 is 29.0 Å². The molecular formula is C40H55N7O6S. The highest BCUT2D eigenvalue weighted by Gasteiger charge is 2.38. The van der Waals surface area contributed by atoms with Crippen molar-refractivity contribution >= 4 is 57.4 Å². The molecule has 6 rings (SSSR count). The molecular weight excluding hydrogens is 707 g/mol. The van der Waals surface area contributed by atoms with Crippen LogP contribution in [-0.2, 0) is 36.8 Å². The van der Waals surface area contributed by atoms with E-state index in [0.717, 1.165) is 44.0 Å². The van der Waals surface area contributed by atoms with Crippen molar-refractivity contribution in [3.63, 3.8) is 0 Å². The molecule has 2 N–H and O–H groups in total. The highest BCUT2D eigenvalue weighted by molar-refractivity contribution is 8.14. The van der Waals surface area contributed by atoms with Gasteiger partial charge >= 0.3 is 12.0 Å². The number of hydrogen-bond acceptors (Lipinski definition) is 10. The number of benzene rings is 1. The number of rotatable bonds is 8. The summed E-state index contributed by atoms with van der Waals surface area (Å²) in [6.45, 7) is 16.7. The van der Waals surface area contributed by atoms with Gasteiger partial charge in [-0.3, -0.25) is 24.6 Å². The number of esters is 1. The van der Waals surface area contributed by atoms with E-state index in [1.165, 1.54) is 5.01 Å². The lowest BCUT2D eigenvalue weighted by Gasteiger charge is -2.37. The number of aliphatic imine (C=N–C) groups is 2. The fraction of sp³-hybridized carbons (Fsp3) is 0.575. The predicted octanol–water partition coefficient (Wildman–Crippen LogP) is 5.29. The summed E-state index contributed by atoms with van der Waals surface area (Å²) in [4.78, 5) is 52.7. The van der Waals surface area contributed by atoms with Gasteiger partial charge in [0, 0.05) is 67.5 Å². The van der Waals surface area contributed by atoms with E-state index in [2.05, 4.69) is 60.9 Å². The number of thioether (sulfide) groups is 1. The van der Waals surface area contributed by atoms with E-state index in [4.69, 9.17) is 24.2 Å². The fourth-order valence-electron chi connectivity index (χ4n) is 7.58. The monoisotopic (exact) mass is 761 g/mol. The molecule has 2 fully saturated rings. The maximum atomic E-state index is 14.1. The third kappa shape index (κ3) is 8.17. The number of allylic oxidation sites excluding steroid dienone is 2. The number of urea groups is 1. The SMILES string of the molecule is C=C/C(=C(\N=CC)[C@H](C)OC)c1c2c3cc(ccc3n1CC)C1CSC(=N1)C[C@H](NC(=O)N(C)C1COC1)C(=O)N1CCC[C@H](N1)C(=O)OCC(C)(C)C2. The van der Waals surface area contributed by atoms with Crippen LogP contribution in [0.4, 0.5) is 4.79 Å². The lowest BCUT2D eigenvalue weighted by atomic mass is 9.84. The van der Waals surface area contributed by atoms with Gasteiger partial charge in [0.25, 0.3) is 5.91 Å². The summed E-state index contributed by atoms with van der Waals surface area (Å²) in [5.74, 6) is -0.0149. The number of nitrogens with zero attached hydrogens (tertiary/aromatic N) is 5. The van der Waals surface area contributed by atoms with E-state index < -0.39 is 23.5 Å². The normalized spacial score (nSPS) is 24.7. The largest absolute Gasteiger partial charge is 0.464 e. The Morgan fingerprint density at radius 2 is 2.09 bits per heavy atom. The van der Waals surface area contributed by atoms with Crippen LogP contribution in [0, 0.1) is 5.41 Å². The van der Waals surface area contributed by atoms with Crippen LogP contribution < -0.4 is 10.7 Å². The van der Waals surface area contributed by atoms with Crippen LogP contribution >= 0.6 is 11.8 Å². The molecule has 13 nitrogen and oxygen atoms in total. The standard InChI is InChI=1S/C40H55N7O6S/c1-9-27(35(41-10-2)24(4)51-8)36-29-19-40(5,6)23-53-38(49)30-13-12-16-47(44-30)37(48)31(43-39(50)45(7)26-20-52-21-26)18-34-42-32(22-54-34)25-14-15-33(28(29)17-25)46(36)11-3/h9-10,14-15,17,24,26,30-32,44H,1,11-13,16,18-23H2,2-8H3,(H,43,50)/b35-27+,41-10?/t24-,30-,31-,32?/m0/s1. The Morgan fingerprint density at radius 3 is 2.76 bits per heavy atom. The first-order chi connectivity index (χ1) is 25.9. The molecule has 4 aliphatic rings. The van der Waals surface area contributed by atoms with E-state index >= 15 is 0 Å². The van der Waals surface area contributed by atoms with Gasteiger partial charge in [0.2, 0.25) is 0 Å². The molecule has 2 saturated heterocycles. The average molecular weight is 762 g/mol. The molecule has 0 aliphatic carbocycles. The minimum atomic E-state index is -0.889. The zero-order valence-corrected chi connectivity index (χ0v) is 33.5. The van der Waals surface area contributed by atoms with Crippen LogP contribution in [0.2, 0.25) is 0 Å². The molecule has 1 aromatic heterocycles. The van der Waals surface area contributed by atoms with Crippen molar-refractivity contribution in [2.75, 3.05) is 46.3 Å². The molecule has 1 unspecified atom stereocenters. The number of carbonyl (C=O) groups excluding carboxylic acids is 3. The van der Waals surface area contributed by atoms with E-state index in [0.29, 0.717) is 51.3 Å². The van der Waals surface area contributed by atoms with E-state index in [9.17, 15) is 14.4 Å². The summed E-state index contributed by atoms with van der Waals surface area (Å²) in [6, 6.07) is 4.43. The third-order valence-corrected chi connectivity index (χ3v) is 11.9. The smallest absolute Gasteiger partial charge is 0.324 e. The number of carbonyl (C=O) groups is 3. The second-order valence-corrected chi connectivity index (χ2v) is 16.3. The number of methoxy groups -OCH3 is 1. The lowest BCUT2D eigenvalue weighted by molar-refractivity contribution is -0.155. The number of nitrogens with one attached hydrogen (secondary N) is 2. The quantitative estimate of drug-likeness (QED) is 0.210. The van der Waals surface area contributed by atoms with Crippen molar-refractivity contribution < 1.29 is 28.6 Å². The molecule has 1 aromatic carbocycles. The number of cyclic esters (lactones) is 1. The summed E-state index contributed by atoms with van der Waals surface area (Å²) in [5.41, 5.74) is 8.62. The van der Waals surface area contributed by atoms with Gasteiger partial charge in [0.1, 0.15) is 12.1 Å². The number of likely N-dealkylation sites (N-methyl/N-ethyl adjacent to an activating group) is 1. The van der Waals surface area contributed by atoms with Gasteiger partial charge in [-0.2, -0.15) is 0 Å². The molecule has 2 aromatic rings. The second-order valence-electron chi connectivity index (χ2n) is 15.2. The molecule has 4 aliphatic heterocycles. The van der Waals surface area contributed by atoms with Gasteiger partial charge in [-0.15, -0.1) is 11.8 Å². The first-order valence-corrected chi connectivity index (χ1v) is 20.0. The molecule has 14 heteroatoms. The Kier molecular flexibility index (Phi) is 12.4. The molecule has 3 amide bonds. The number of amides is 3. The number of fused-ring (bicyclic) bond motifs is 5. The average Bonchev–Trinajstić information content (AvgIpc) is 3.73. The number of ether oxygens (including phenoxy) is 3. The summed E-state index contributed by atoms with van der Waals surface area (Å²) >= 11 is 1.61. The van der Waals surface area contributed by atoms with Crippen LogP contribution in [-0.4, -0.2) is 114 Å². The number of hydrazine groups is 1. The number of aryl methyl sites for hydroxylation is 1. The maximum absolute atomic E-state index is 14.1. The Morgan fingerprint density at radius 1 is 1.31 bits per heavy atom. The molecule has 0 radical (unpaired) electrons. The maximum Gasteiger partial charge on any atom is 0.324 e. The van der Waals surface area contributed by atoms with Gasteiger partial charge in [0.05, 0.1) is 54.4 Å². The predicted molar refractivity (Wildman–Crippen MR) is 214 cm³/mol. The van der Waals surface area contributed by atoms with Crippen molar-refractivity contribution in [2.24, 2.45) is 15.4 Å². The van der Waals surface area contributed by atoms with Crippen LogP contribution in [0.25, 0.3) is 16.5 Å². The van der Waals surface area contributed by atoms with Crippen molar-refractivity contribution in [3.8, 4) is 0 Å². The third-order valence-electron chi connectivity index (χ3n) is 10.8. The van der Waals surface area contributed by atoms with E-state index in [1.54, 1.807) is 37.0 Å². The Balaban J connectivity index is 1.47. The highest BCUT2D eigenvalue weighted by Crippen LogP contribution is 2.41. The molecule has 0 saturated carbocycles. The molecule has 6 bridgehead atoms. The van der Waals surface area contributed by atoms with Crippen LogP contribution in [0.15, 0.2) is 46.5 Å². The Bertz CT molecular complexity index is 1860. The topological polar surface area (TPSA) is 139 Å². The zero-order valence-electron chi connectivity index (χ0n) is 32.6. The van der Waals surface area contributed by atoms with Crippen molar-refractivity contribution in [1.29, 1.82) is 0 Å². The van der Waals surface area contributed by atoms with Gasteiger partial charge in [0.15, 0.2) is 0 Å². The van der Waals surface area contributed by atoms with Crippen molar-refractivity contribution in [2.45, 2.75) is 97.1 Å². The first-order valence-electron chi connectivity index (χ1n) is 19.0. The molecule has 54 heavy (non-hydrogen) atoms. The Labute approximate surface area is 322 Å². The number of hydrogen-bond donors (Lipinski definition) is 2. The van der Waals surface area contributed by atoms with Gasteiger partial charge in [-0.05, 0) is 63.3 Å². The lowest BCUT2D eigenvalue weighted by Crippen LogP contribution is -2.62. The van der Waals surface area contributed by atoms with Crippen molar-refractivity contribution in [1.82, 2.24) is 25.2 Å². The fourth-order valence-corrected chi connectivity index (χ4v) is 8.68. The van der Waals surface area contributed by atoms with Crippen molar-refractivity contribution in [3.05, 3.63) is 53.4 Å². The van der Waals surface area contributed by atoms with E-state index in [1.807, 2.05) is 19.9 Å². The summed E-state index contributed by atoms with van der Waals surface area (Å²) in [5, 5.41) is 6.34. The van der Waals surface area contributed by atoms with Gasteiger partial charge in [-0.25, -0.2) is 10.2 Å². The molecule has 4 atom stereocenters. The Hall–Kier alpha value is -3.98. The first kappa shape index (κ1) is 39.7. The molecule has 0 spiro atoms. The second kappa shape index (κ2) is 16.8. The number of aromatic nitrogens is 1. The van der Waals surface area contributed by atoms with Crippen LogP contribution in [0.1, 0.15) is 76.7 Å². The van der Waals surface area contributed by atoms with Crippen LogP contribution in [0.5, 0.6) is 0 Å². The summed E-state index contributed by atoms with van der Waals surface area (Å²) in [6.07, 6.45) is 5.33. The molecule has 292 valence electrons. The minimum absolute atomic E-state index is 0.0475.